The summed E-state index contributed by atoms with van der Waals surface area (Å²) < 4.78 is 5.21. The Morgan fingerprint density at radius 1 is 1.35 bits per heavy atom. The van der Waals surface area contributed by atoms with Crippen LogP contribution >= 0.6 is 11.8 Å². The van der Waals surface area contributed by atoms with Gasteiger partial charge in [-0.05, 0) is 25.0 Å². The van der Waals surface area contributed by atoms with Crippen LogP contribution in [-0.2, 0) is 0 Å². The average Bonchev–Trinajstić information content (AvgIpc) is 2.88. The van der Waals surface area contributed by atoms with Gasteiger partial charge in [-0.1, -0.05) is 31.0 Å². The summed E-state index contributed by atoms with van der Waals surface area (Å²) in [6.07, 6.45) is 5.34. The summed E-state index contributed by atoms with van der Waals surface area (Å²) in [5, 5.41) is 11.4. The number of H-pyrrole nitrogens is 1. The Kier molecular flexibility index (Phi) is 3.89. The zero-order valence-electron chi connectivity index (χ0n) is 11.7. The molecule has 1 fully saturated rings. The Morgan fingerprint density at radius 2 is 2.15 bits per heavy atom. The first kappa shape index (κ1) is 13.8. The molecule has 108 valence electrons. The van der Waals surface area contributed by atoms with Crippen molar-refractivity contribution in [2.45, 2.75) is 42.9 Å². The molecule has 0 atom stereocenters. The quantitative estimate of drug-likeness (QED) is 0.848. The van der Waals surface area contributed by atoms with Crippen LogP contribution < -0.4 is 4.74 Å². The lowest BCUT2D eigenvalue weighted by molar-refractivity contribution is 0.0272. The van der Waals surface area contributed by atoms with Gasteiger partial charge in [-0.25, -0.2) is 4.98 Å². The maximum absolute atomic E-state index is 10.5. The van der Waals surface area contributed by atoms with E-state index in [9.17, 15) is 5.11 Å². The van der Waals surface area contributed by atoms with Gasteiger partial charge in [0, 0.05) is 11.8 Å². The van der Waals surface area contributed by atoms with E-state index in [0.717, 1.165) is 47.6 Å². The molecule has 0 saturated heterocycles. The molecule has 1 aliphatic rings. The zero-order valence-corrected chi connectivity index (χ0v) is 12.5. The second-order valence-corrected chi connectivity index (χ2v) is 6.46. The summed E-state index contributed by atoms with van der Waals surface area (Å²) in [5.41, 5.74) is 1.39. The summed E-state index contributed by atoms with van der Waals surface area (Å²) in [7, 11) is 1.66. The Bertz CT molecular complexity index is 591. The van der Waals surface area contributed by atoms with Crippen molar-refractivity contribution in [3.63, 3.8) is 0 Å². The maximum Gasteiger partial charge on any atom is 0.166 e. The van der Waals surface area contributed by atoms with Crippen LogP contribution in [0.1, 0.15) is 32.1 Å². The molecular weight excluding hydrogens is 272 g/mol. The molecule has 0 unspecified atom stereocenters. The third-order valence-electron chi connectivity index (χ3n) is 3.93. The van der Waals surface area contributed by atoms with Gasteiger partial charge in [0.15, 0.2) is 5.16 Å². The van der Waals surface area contributed by atoms with Crippen LogP contribution in [0.5, 0.6) is 5.75 Å². The van der Waals surface area contributed by atoms with Gasteiger partial charge in [0.2, 0.25) is 0 Å². The third-order valence-corrected chi connectivity index (χ3v) is 5.08. The van der Waals surface area contributed by atoms with Gasteiger partial charge in [0.05, 0.1) is 23.7 Å². The Labute approximate surface area is 122 Å². The Morgan fingerprint density at radius 3 is 2.90 bits per heavy atom. The van der Waals surface area contributed by atoms with Gasteiger partial charge >= 0.3 is 0 Å². The molecule has 4 nitrogen and oxygen atoms in total. The number of nitrogens with zero attached hydrogens (tertiary/aromatic N) is 1. The molecule has 1 aliphatic carbocycles. The van der Waals surface area contributed by atoms with Crippen LogP contribution in [0, 0.1) is 0 Å². The van der Waals surface area contributed by atoms with E-state index in [1.54, 1.807) is 18.9 Å². The highest BCUT2D eigenvalue weighted by Crippen LogP contribution is 2.33. The fourth-order valence-electron chi connectivity index (χ4n) is 2.72. The van der Waals surface area contributed by atoms with Crippen LogP contribution in [0.25, 0.3) is 11.0 Å². The third kappa shape index (κ3) is 2.94. The first-order valence-corrected chi connectivity index (χ1v) is 8.06. The summed E-state index contributed by atoms with van der Waals surface area (Å²) in [6.45, 7) is 0. The summed E-state index contributed by atoms with van der Waals surface area (Å²) in [4.78, 5) is 7.83. The van der Waals surface area contributed by atoms with E-state index in [1.165, 1.54) is 6.42 Å². The minimum Gasteiger partial charge on any atom is -0.497 e. The van der Waals surface area contributed by atoms with Gasteiger partial charge in [-0.2, -0.15) is 0 Å². The topological polar surface area (TPSA) is 58.1 Å². The number of aromatic amines is 1. The van der Waals surface area contributed by atoms with E-state index in [-0.39, 0.29) is 0 Å². The molecule has 3 rings (SSSR count). The fraction of sp³-hybridized carbons (Fsp3) is 0.533. The van der Waals surface area contributed by atoms with Gasteiger partial charge in [0.1, 0.15) is 5.75 Å². The number of hydrogen-bond acceptors (Lipinski definition) is 4. The lowest BCUT2D eigenvalue weighted by atomic mass is 9.86. The van der Waals surface area contributed by atoms with Crippen molar-refractivity contribution in [2.24, 2.45) is 0 Å². The SMILES string of the molecule is COc1ccc2nc(SCC3(O)CCCCC3)[nH]c2c1. The predicted octanol–water partition coefficient (Wildman–Crippen LogP) is 3.36. The second kappa shape index (κ2) is 5.66. The lowest BCUT2D eigenvalue weighted by Gasteiger charge is -2.31. The number of nitrogens with one attached hydrogen (secondary N) is 1. The van der Waals surface area contributed by atoms with E-state index in [2.05, 4.69) is 9.97 Å². The summed E-state index contributed by atoms with van der Waals surface area (Å²) in [6, 6.07) is 5.80. The number of ether oxygens (including phenoxy) is 1. The largest absolute Gasteiger partial charge is 0.497 e. The van der Waals surface area contributed by atoms with E-state index in [0.29, 0.717) is 5.75 Å². The monoisotopic (exact) mass is 292 g/mol. The maximum atomic E-state index is 10.5. The molecule has 1 aromatic carbocycles. The van der Waals surface area contributed by atoms with E-state index in [1.807, 2.05) is 18.2 Å². The van der Waals surface area contributed by atoms with Crippen molar-refractivity contribution in [2.75, 3.05) is 12.9 Å². The van der Waals surface area contributed by atoms with Gasteiger partial charge in [-0.3, -0.25) is 0 Å². The van der Waals surface area contributed by atoms with Crippen LogP contribution in [0.2, 0.25) is 0 Å². The first-order valence-electron chi connectivity index (χ1n) is 7.07. The number of fused-ring (bicyclic) bond motifs is 1. The highest BCUT2D eigenvalue weighted by Gasteiger charge is 2.29. The molecule has 1 aromatic heterocycles. The number of thioether (sulfide) groups is 1. The van der Waals surface area contributed by atoms with Crippen LogP contribution in [0.15, 0.2) is 23.4 Å². The molecule has 2 aromatic rings. The Hall–Kier alpha value is -1.20. The zero-order chi connectivity index (χ0) is 14.0. The fourth-order valence-corrected chi connectivity index (χ4v) is 3.76. The number of benzene rings is 1. The number of methoxy groups -OCH3 is 1. The number of aliphatic hydroxyl groups is 1. The molecular formula is C15H20N2O2S. The summed E-state index contributed by atoms with van der Waals surface area (Å²) >= 11 is 1.61. The van der Waals surface area contributed by atoms with Crippen LogP contribution in [0.3, 0.4) is 0 Å². The second-order valence-electron chi connectivity index (χ2n) is 5.50. The van der Waals surface area contributed by atoms with Crippen LogP contribution in [-0.4, -0.2) is 33.5 Å². The number of rotatable bonds is 4. The normalized spacial score (nSPS) is 18.3. The molecule has 0 spiro atoms. The predicted molar refractivity (Wildman–Crippen MR) is 81.4 cm³/mol. The standard InChI is InChI=1S/C15H20N2O2S/c1-19-11-5-6-12-13(9-11)17-14(16-12)20-10-15(18)7-3-2-4-8-15/h5-6,9,18H,2-4,7-8,10H2,1H3,(H,16,17). The minimum atomic E-state index is -0.514. The molecule has 1 heterocycles. The Balaban J connectivity index is 1.71. The number of hydrogen-bond donors (Lipinski definition) is 2. The van der Waals surface area contributed by atoms with Gasteiger partial charge < -0.3 is 14.8 Å². The van der Waals surface area contributed by atoms with Crippen molar-refractivity contribution < 1.29 is 9.84 Å². The molecule has 0 amide bonds. The minimum absolute atomic E-state index is 0.514. The van der Waals surface area contributed by atoms with Crippen molar-refractivity contribution in [3.05, 3.63) is 18.2 Å². The van der Waals surface area contributed by atoms with E-state index < -0.39 is 5.60 Å². The molecule has 1 saturated carbocycles. The highest BCUT2D eigenvalue weighted by molar-refractivity contribution is 7.99. The lowest BCUT2D eigenvalue weighted by Crippen LogP contribution is -2.34. The first-order chi connectivity index (χ1) is 9.68. The molecule has 0 radical (unpaired) electrons. The molecule has 0 bridgehead atoms. The highest BCUT2D eigenvalue weighted by atomic mass is 32.2. The van der Waals surface area contributed by atoms with Crippen molar-refractivity contribution >= 4 is 22.8 Å². The van der Waals surface area contributed by atoms with Crippen molar-refractivity contribution in [1.29, 1.82) is 0 Å². The van der Waals surface area contributed by atoms with E-state index in [4.69, 9.17) is 4.74 Å². The van der Waals surface area contributed by atoms with E-state index >= 15 is 0 Å². The number of aromatic nitrogens is 2. The van der Waals surface area contributed by atoms with Crippen molar-refractivity contribution in [1.82, 2.24) is 9.97 Å². The average molecular weight is 292 g/mol. The van der Waals surface area contributed by atoms with Gasteiger partial charge in [-0.15, -0.1) is 0 Å². The van der Waals surface area contributed by atoms with Crippen molar-refractivity contribution in [3.8, 4) is 5.75 Å². The molecule has 2 N–H and O–H groups in total. The molecule has 0 aliphatic heterocycles. The van der Waals surface area contributed by atoms with Gasteiger partial charge in [0.25, 0.3) is 0 Å². The number of imidazole rings is 1. The summed E-state index contributed by atoms with van der Waals surface area (Å²) in [5.74, 6) is 1.54. The molecule has 20 heavy (non-hydrogen) atoms. The smallest absolute Gasteiger partial charge is 0.166 e. The molecule has 5 heteroatoms. The van der Waals surface area contributed by atoms with Crippen LogP contribution in [0.4, 0.5) is 0 Å².